The first kappa shape index (κ1) is 23.9. The smallest absolute Gasteiger partial charge is 0.243 e. The van der Waals surface area contributed by atoms with E-state index in [1.807, 2.05) is 19.1 Å². The molecule has 5 nitrogen and oxygen atoms in total. The maximum absolute atomic E-state index is 13.4. The summed E-state index contributed by atoms with van der Waals surface area (Å²) in [5, 5.41) is 2.90. The van der Waals surface area contributed by atoms with Crippen molar-refractivity contribution in [3.8, 4) is 0 Å². The molecule has 1 amide bonds. The molecule has 2 fully saturated rings. The van der Waals surface area contributed by atoms with E-state index in [0.717, 1.165) is 5.56 Å². The second-order valence-corrected chi connectivity index (χ2v) is 11.7. The second kappa shape index (κ2) is 9.94. The lowest BCUT2D eigenvalue weighted by Gasteiger charge is -2.38. The summed E-state index contributed by atoms with van der Waals surface area (Å²) >= 11 is 0. The predicted molar refractivity (Wildman–Crippen MR) is 127 cm³/mol. The molecule has 1 saturated carbocycles. The van der Waals surface area contributed by atoms with Gasteiger partial charge in [-0.2, -0.15) is 4.31 Å². The molecule has 0 aromatic heterocycles. The molecule has 0 radical (unpaired) electrons. The van der Waals surface area contributed by atoms with Crippen LogP contribution < -0.4 is 5.32 Å². The Morgan fingerprint density at radius 3 is 2.36 bits per heavy atom. The normalized spacial score (nSPS) is 22.7. The molecule has 2 aromatic carbocycles. The van der Waals surface area contributed by atoms with Crippen LogP contribution >= 0.6 is 0 Å². The molecule has 2 aliphatic rings. The number of amides is 1. The fourth-order valence-electron chi connectivity index (χ4n) is 5.08. The highest BCUT2D eigenvalue weighted by atomic mass is 32.2. The Morgan fingerprint density at radius 1 is 1.03 bits per heavy atom. The van der Waals surface area contributed by atoms with Crippen LogP contribution in [0.4, 0.5) is 4.39 Å². The molecule has 1 saturated heterocycles. The van der Waals surface area contributed by atoms with E-state index in [9.17, 15) is 17.6 Å². The van der Waals surface area contributed by atoms with Gasteiger partial charge in [0, 0.05) is 19.6 Å². The Balaban J connectivity index is 1.42. The van der Waals surface area contributed by atoms with Gasteiger partial charge in [-0.3, -0.25) is 4.79 Å². The van der Waals surface area contributed by atoms with E-state index in [0.29, 0.717) is 25.3 Å². The van der Waals surface area contributed by atoms with Crippen LogP contribution in [0, 0.1) is 11.2 Å². The third-order valence-electron chi connectivity index (χ3n) is 7.17. The summed E-state index contributed by atoms with van der Waals surface area (Å²) in [7, 11) is -3.67. The van der Waals surface area contributed by atoms with Crippen LogP contribution in [-0.4, -0.2) is 31.7 Å². The van der Waals surface area contributed by atoms with Crippen molar-refractivity contribution in [2.75, 3.05) is 13.1 Å². The van der Waals surface area contributed by atoms with Crippen LogP contribution in [0.5, 0.6) is 0 Å². The zero-order valence-corrected chi connectivity index (χ0v) is 20.0. The minimum atomic E-state index is -3.67. The number of piperidine rings is 1. The molecule has 33 heavy (non-hydrogen) atoms. The van der Waals surface area contributed by atoms with Gasteiger partial charge in [0.15, 0.2) is 0 Å². The third kappa shape index (κ3) is 5.46. The summed E-state index contributed by atoms with van der Waals surface area (Å²) in [4.78, 5) is 13.3. The van der Waals surface area contributed by atoms with Crippen molar-refractivity contribution in [2.24, 2.45) is 5.41 Å². The third-order valence-corrected chi connectivity index (χ3v) is 9.03. The summed E-state index contributed by atoms with van der Waals surface area (Å²) in [5.74, 6) is 0.0231. The first-order valence-corrected chi connectivity index (χ1v) is 13.3. The van der Waals surface area contributed by atoms with Crippen molar-refractivity contribution in [3.05, 3.63) is 65.5 Å². The maximum atomic E-state index is 13.4. The van der Waals surface area contributed by atoms with E-state index in [2.05, 4.69) is 5.32 Å². The van der Waals surface area contributed by atoms with E-state index >= 15 is 0 Å². The fourth-order valence-corrected chi connectivity index (χ4v) is 6.68. The zero-order chi connectivity index (χ0) is 23.5. The molecular weight excluding hydrogens is 439 g/mol. The van der Waals surface area contributed by atoms with Gasteiger partial charge in [0.25, 0.3) is 0 Å². The van der Waals surface area contributed by atoms with Crippen molar-refractivity contribution < 1.29 is 17.6 Å². The van der Waals surface area contributed by atoms with E-state index < -0.39 is 15.4 Å². The van der Waals surface area contributed by atoms with Gasteiger partial charge in [0.2, 0.25) is 15.9 Å². The first-order chi connectivity index (χ1) is 15.8. The summed E-state index contributed by atoms with van der Waals surface area (Å²) in [6.45, 7) is 2.66. The quantitative estimate of drug-likeness (QED) is 0.645. The van der Waals surface area contributed by atoms with Crippen LogP contribution in [0.3, 0.4) is 0 Å². The fraction of sp³-hybridized carbons (Fsp3) is 0.500. The minimum Gasteiger partial charge on any atom is -0.352 e. The van der Waals surface area contributed by atoms with Crippen molar-refractivity contribution in [2.45, 2.75) is 69.2 Å². The molecule has 1 atom stereocenters. The monoisotopic (exact) mass is 472 g/mol. The van der Waals surface area contributed by atoms with Gasteiger partial charge >= 0.3 is 0 Å². The van der Waals surface area contributed by atoms with Crippen LogP contribution in [0.15, 0.2) is 53.4 Å². The van der Waals surface area contributed by atoms with Crippen molar-refractivity contribution in [1.82, 2.24) is 9.62 Å². The Bertz CT molecular complexity index is 1060. The van der Waals surface area contributed by atoms with E-state index in [-0.39, 0.29) is 29.7 Å². The van der Waals surface area contributed by atoms with Crippen LogP contribution in [0.1, 0.15) is 68.9 Å². The Labute approximate surface area is 196 Å². The maximum Gasteiger partial charge on any atom is 0.243 e. The van der Waals surface area contributed by atoms with Gasteiger partial charge in [0.1, 0.15) is 5.82 Å². The Kier molecular flexibility index (Phi) is 7.19. The summed E-state index contributed by atoms with van der Waals surface area (Å²) < 4.78 is 41.3. The Morgan fingerprint density at radius 2 is 1.70 bits per heavy atom. The largest absolute Gasteiger partial charge is 0.352 e. The second-order valence-electron chi connectivity index (χ2n) is 9.72. The van der Waals surface area contributed by atoms with Crippen molar-refractivity contribution in [3.63, 3.8) is 0 Å². The number of benzene rings is 2. The summed E-state index contributed by atoms with van der Waals surface area (Å²) in [6.07, 6.45) is 7.34. The van der Waals surface area contributed by atoms with Gasteiger partial charge in [-0.15, -0.1) is 0 Å². The number of nitrogens with one attached hydrogen (secondary N) is 1. The number of halogens is 1. The number of carbonyl (C=O) groups excluding carboxylic acids is 1. The summed E-state index contributed by atoms with van der Waals surface area (Å²) in [6, 6.07) is 13.3. The molecule has 178 valence electrons. The van der Waals surface area contributed by atoms with Gasteiger partial charge < -0.3 is 5.32 Å². The average Bonchev–Trinajstić information content (AvgIpc) is 2.84. The lowest BCUT2D eigenvalue weighted by molar-refractivity contribution is -0.132. The molecule has 1 N–H and O–H groups in total. The standard InChI is InChI=1S/C26H33FN2O3S/c1-26(25(30)28-18-20-8-12-23(27)13-9-20)16-5-17-29(19-26)33(31,32)24-14-10-22(11-15-24)21-6-3-2-4-7-21/h8-15,21H,2-7,16-19H2,1H3,(H,28,30)/t26-/m0/s1. The predicted octanol–water partition coefficient (Wildman–Crippen LogP) is 4.98. The highest BCUT2D eigenvalue weighted by Gasteiger charge is 2.41. The molecule has 7 heteroatoms. The van der Waals surface area contributed by atoms with Gasteiger partial charge in [-0.25, -0.2) is 12.8 Å². The average molecular weight is 473 g/mol. The van der Waals surface area contributed by atoms with Gasteiger partial charge in [-0.1, -0.05) is 43.5 Å². The number of nitrogens with zero attached hydrogens (tertiary/aromatic N) is 1. The summed E-state index contributed by atoms with van der Waals surface area (Å²) in [5.41, 5.74) is 1.21. The van der Waals surface area contributed by atoms with E-state index in [1.54, 1.807) is 24.3 Å². The number of carbonyl (C=O) groups is 1. The van der Waals surface area contributed by atoms with E-state index in [1.165, 1.54) is 54.1 Å². The molecule has 1 aliphatic heterocycles. The highest BCUT2D eigenvalue weighted by Crippen LogP contribution is 2.35. The zero-order valence-electron chi connectivity index (χ0n) is 19.2. The van der Waals surface area contributed by atoms with E-state index in [4.69, 9.17) is 0 Å². The molecule has 1 heterocycles. The topological polar surface area (TPSA) is 66.5 Å². The molecule has 0 bridgehead atoms. The Hall–Kier alpha value is -2.25. The number of hydrogen-bond donors (Lipinski definition) is 1. The lowest BCUT2D eigenvalue weighted by Crippen LogP contribution is -2.51. The molecule has 1 aliphatic carbocycles. The lowest BCUT2D eigenvalue weighted by atomic mass is 9.82. The molecule has 0 spiro atoms. The van der Waals surface area contributed by atoms with Gasteiger partial charge in [-0.05, 0) is 73.9 Å². The van der Waals surface area contributed by atoms with Crippen molar-refractivity contribution >= 4 is 15.9 Å². The number of sulfonamides is 1. The number of hydrogen-bond acceptors (Lipinski definition) is 3. The van der Waals surface area contributed by atoms with Crippen LogP contribution in [0.2, 0.25) is 0 Å². The van der Waals surface area contributed by atoms with Crippen LogP contribution in [0.25, 0.3) is 0 Å². The van der Waals surface area contributed by atoms with Crippen LogP contribution in [-0.2, 0) is 21.4 Å². The van der Waals surface area contributed by atoms with Crippen molar-refractivity contribution in [1.29, 1.82) is 0 Å². The molecule has 0 unspecified atom stereocenters. The minimum absolute atomic E-state index is 0.148. The SMILES string of the molecule is C[C@]1(C(=O)NCc2ccc(F)cc2)CCCN(S(=O)(=O)c2ccc(C3CCCCC3)cc2)C1. The van der Waals surface area contributed by atoms with Gasteiger partial charge in [0.05, 0.1) is 10.3 Å². The molecule has 4 rings (SSSR count). The molecule has 2 aromatic rings. The number of rotatable bonds is 6. The first-order valence-electron chi connectivity index (χ1n) is 11.9. The highest BCUT2D eigenvalue weighted by molar-refractivity contribution is 7.89. The molecular formula is C26H33FN2O3S.